The van der Waals surface area contributed by atoms with Crippen LogP contribution in [0.2, 0.25) is 5.02 Å². The number of hydrogen-bond acceptors (Lipinski definition) is 12. The van der Waals surface area contributed by atoms with Crippen molar-refractivity contribution >= 4 is 43.5 Å². The predicted octanol–water partition coefficient (Wildman–Crippen LogP) is 5.76. The number of methoxy groups -OCH3 is 2. The molecule has 0 saturated carbocycles. The van der Waals surface area contributed by atoms with E-state index in [9.17, 15) is 26.4 Å². The Hall–Kier alpha value is -5.09. The van der Waals surface area contributed by atoms with Crippen LogP contribution >= 0.6 is 11.6 Å². The fourth-order valence-corrected chi connectivity index (χ4v) is 11.2. The van der Waals surface area contributed by atoms with Crippen LogP contribution in [-0.2, 0) is 92.3 Å². The van der Waals surface area contributed by atoms with E-state index in [1.807, 2.05) is 65.4 Å². The van der Waals surface area contributed by atoms with Crippen LogP contribution in [0.5, 0.6) is 0 Å². The van der Waals surface area contributed by atoms with Crippen LogP contribution in [0.25, 0.3) is 11.1 Å². The number of amides is 2. The first-order valence-electron chi connectivity index (χ1n) is 22.8. The monoisotopic (exact) mass is 1010 g/mol. The number of sulfonamides is 2. The van der Waals surface area contributed by atoms with Crippen LogP contribution in [0.4, 0.5) is 4.39 Å². The first-order chi connectivity index (χ1) is 32.6. The quantitative estimate of drug-likeness (QED) is 0.0895. The van der Waals surface area contributed by atoms with Gasteiger partial charge in [0.25, 0.3) is 20.0 Å². The van der Waals surface area contributed by atoms with Crippen LogP contribution in [0.1, 0.15) is 105 Å². The number of nitrogens with one attached hydrogen (secondary N) is 2. The summed E-state index contributed by atoms with van der Waals surface area (Å²) in [6, 6.07) is 12.6. The van der Waals surface area contributed by atoms with Gasteiger partial charge in [-0.1, -0.05) is 46.2 Å². The molecule has 2 amide bonds. The van der Waals surface area contributed by atoms with Gasteiger partial charge in [0.05, 0.1) is 50.7 Å². The molecule has 21 heteroatoms. The largest absolute Gasteiger partial charge is 0.374 e. The van der Waals surface area contributed by atoms with Gasteiger partial charge in [0, 0.05) is 62.0 Å². The lowest BCUT2D eigenvalue weighted by atomic mass is 9.86. The first kappa shape index (κ1) is 51.8. The third-order valence-corrected chi connectivity index (χ3v) is 15.6. The molecule has 2 N–H and O–H groups in total. The van der Waals surface area contributed by atoms with Gasteiger partial charge in [0.15, 0.2) is 40.2 Å². The minimum absolute atomic E-state index is 0.0900. The van der Waals surface area contributed by atoms with Gasteiger partial charge >= 0.3 is 0 Å². The second-order valence-corrected chi connectivity index (χ2v) is 21.9. The fraction of sp³-hybridized carbons (Fsp3) is 0.479. The summed E-state index contributed by atoms with van der Waals surface area (Å²) in [5.74, 6) is -2.77. The second kappa shape index (κ2) is 20.3. The summed E-state index contributed by atoms with van der Waals surface area (Å²) in [6.07, 6.45) is 2.96. The van der Waals surface area contributed by atoms with Crippen molar-refractivity contribution in [1.29, 1.82) is 0 Å². The van der Waals surface area contributed by atoms with E-state index in [4.69, 9.17) is 30.5 Å². The molecule has 1 atom stereocenters. The SMILES string of the molecule is CCn1nc(S(=O)(=O)NC(=O)Cc2c(-c3ccc[n+](CC(C)c4cc(Cl)cc(C(C)C)c4CC(=O)NS(=O)(=O)c4cc(C5(OC)COC5)n(CC)n4)c3)cc(F)cc2C(C)C)cc1C1(OC)COC1. The van der Waals surface area contributed by atoms with Gasteiger partial charge in [-0.2, -0.15) is 27.0 Å². The standard InChI is InChI=1S/C48H59ClFN7O10S2/c1-10-56-41(47(64-8)25-66-26-47)21-45(51-56)68(60,61)53-43(58)19-39-35(29(3)4)15-33(49)16-37(39)31(7)23-55-14-12-13-32(24-55)38-18-34(50)17-36(30(5)6)40(38)20-44(59)54-69(62,63)46-22-42(57(11-2)52-46)48(65-9)27-67-28-48/h12-18,21-22,24,29-31H,10-11,19-20,23,25-28H2,1-9H3,(H-,53,54,58,59)/p+1. The van der Waals surface area contributed by atoms with Crippen molar-refractivity contribution in [2.75, 3.05) is 40.6 Å². The number of carbonyl (C=O) groups is 2. The number of halogens is 2. The van der Waals surface area contributed by atoms with E-state index < -0.39 is 55.3 Å². The lowest BCUT2D eigenvalue weighted by molar-refractivity contribution is -0.698. The minimum atomic E-state index is -4.44. The van der Waals surface area contributed by atoms with E-state index in [-0.39, 0.29) is 60.7 Å². The van der Waals surface area contributed by atoms with Gasteiger partial charge in [0.2, 0.25) is 11.8 Å². The lowest BCUT2D eigenvalue weighted by Gasteiger charge is -2.39. The minimum Gasteiger partial charge on any atom is -0.374 e. The third-order valence-electron chi connectivity index (χ3n) is 12.9. The highest BCUT2D eigenvalue weighted by atomic mass is 35.5. The number of aromatic nitrogens is 5. The van der Waals surface area contributed by atoms with Crippen molar-refractivity contribution in [3.63, 3.8) is 0 Å². The molecule has 372 valence electrons. The molecular weight excluding hydrogens is 953 g/mol. The second-order valence-electron chi connectivity index (χ2n) is 18.2. The Balaban J connectivity index is 1.14. The normalized spacial score (nSPS) is 16.0. The zero-order valence-electron chi connectivity index (χ0n) is 40.3. The number of rotatable bonds is 20. The zero-order chi connectivity index (χ0) is 50.2. The molecule has 2 fully saturated rings. The maximum absolute atomic E-state index is 15.5. The molecule has 1 unspecified atom stereocenters. The lowest BCUT2D eigenvalue weighted by Crippen LogP contribution is -2.49. The average molecular weight is 1010 g/mol. The van der Waals surface area contributed by atoms with Gasteiger partial charge in [-0.15, -0.1) is 0 Å². The first-order valence-corrected chi connectivity index (χ1v) is 26.1. The molecule has 2 aliphatic rings. The van der Waals surface area contributed by atoms with Crippen molar-refractivity contribution in [2.24, 2.45) is 0 Å². The highest BCUT2D eigenvalue weighted by molar-refractivity contribution is 7.90. The van der Waals surface area contributed by atoms with Gasteiger partial charge in [0.1, 0.15) is 5.82 Å². The Morgan fingerprint density at radius 2 is 1.25 bits per heavy atom. The van der Waals surface area contributed by atoms with Crippen molar-refractivity contribution < 1.29 is 54.3 Å². The predicted molar refractivity (Wildman–Crippen MR) is 253 cm³/mol. The number of nitrogens with zero attached hydrogens (tertiary/aromatic N) is 5. The highest BCUT2D eigenvalue weighted by Crippen LogP contribution is 2.37. The third kappa shape index (κ3) is 10.5. The fourth-order valence-electron chi connectivity index (χ4n) is 9.05. The average Bonchev–Trinajstić information content (AvgIpc) is 3.91. The van der Waals surface area contributed by atoms with Crippen molar-refractivity contribution in [1.82, 2.24) is 29.0 Å². The van der Waals surface area contributed by atoms with Gasteiger partial charge in [-0.05, 0) is 89.4 Å². The van der Waals surface area contributed by atoms with Crippen LogP contribution in [0.15, 0.2) is 71.0 Å². The molecule has 5 heterocycles. The molecule has 5 aromatic rings. The van der Waals surface area contributed by atoms with Crippen LogP contribution in [0, 0.1) is 5.82 Å². The molecule has 3 aromatic heterocycles. The molecule has 2 saturated heterocycles. The summed E-state index contributed by atoms with van der Waals surface area (Å²) in [5.41, 5.74) is 3.40. The Morgan fingerprint density at radius 1 is 0.768 bits per heavy atom. The Labute approximate surface area is 407 Å². The molecule has 0 spiro atoms. The van der Waals surface area contributed by atoms with Crippen molar-refractivity contribution in [3.05, 3.63) is 111 Å². The number of ether oxygens (including phenoxy) is 4. The number of hydrogen-bond donors (Lipinski definition) is 2. The molecule has 0 aliphatic carbocycles. The van der Waals surface area contributed by atoms with E-state index >= 15 is 4.39 Å². The smallest absolute Gasteiger partial charge is 0.283 e. The highest BCUT2D eigenvalue weighted by Gasteiger charge is 2.46. The van der Waals surface area contributed by atoms with E-state index in [1.165, 1.54) is 47.8 Å². The molecule has 7 rings (SSSR count). The number of carbonyl (C=O) groups excluding carboxylic acids is 2. The Kier molecular flexibility index (Phi) is 15.2. The van der Waals surface area contributed by atoms with E-state index in [2.05, 4.69) is 19.6 Å². The van der Waals surface area contributed by atoms with Crippen molar-refractivity contribution in [2.45, 2.75) is 120 Å². The molecule has 2 aromatic carbocycles. The summed E-state index contributed by atoms with van der Waals surface area (Å²) in [4.78, 5) is 27.6. The number of benzene rings is 2. The van der Waals surface area contributed by atoms with Gasteiger partial charge in [-0.25, -0.2) is 18.4 Å². The summed E-state index contributed by atoms with van der Waals surface area (Å²) in [7, 11) is -5.81. The van der Waals surface area contributed by atoms with E-state index in [1.54, 1.807) is 24.3 Å². The summed E-state index contributed by atoms with van der Waals surface area (Å²) >= 11 is 6.72. The van der Waals surface area contributed by atoms with Crippen LogP contribution < -0.4 is 14.0 Å². The molecule has 0 bridgehead atoms. The molecule has 0 radical (unpaired) electrons. The summed E-state index contributed by atoms with van der Waals surface area (Å²) in [5, 5.41) is 8.36. The van der Waals surface area contributed by atoms with Crippen LogP contribution in [-0.4, -0.2) is 88.9 Å². The van der Waals surface area contributed by atoms with Gasteiger partial charge in [-0.3, -0.25) is 19.0 Å². The maximum Gasteiger partial charge on any atom is 0.283 e. The molecule has 17 nitrogen and oxygen atoms in total. The van der Waals surface area contributed by atoms with E-state index in [0.717, 1.165) is 11.1 Å². The molecule has 2 aliphatic heterocycles. The number of pyridine rings is 1. The van der Waals surface area contributed by atoms with Crippen molar-refractivity contribution in [3.8, 4) is 11.1 Å². The van der Waals surface area contributed by atoms with Crippen LogP contribution in [0.3, 0.4) is 0 Å². The Morgan fingerprint density at radius 3 is 1.70 bits per heavy atom. The Bertz CT molecular complexity index is 2970. The van der Waals surface area contributed by atoms with Gasteiger partial charge < -0.3 is 18.9 Å². The zero-order valence-corrected chi connectivity index (χ0v) is 42.6. The summed E-state index contributed by atoms with van der Waals surface area (Å²) < 4.78 is 102. The number of aryl methyl sites for hydroxylation is 2. The maximum atomic E-state index is 15.5. The topological polar surface area (TPSA) is 203 Å². The molecular formula is C48H60ClFN7O10S2+. The summed E-state index contributed by atoms with van der Waals surface area (Å²) in [6.45, 7) is 15.2. The van der Waals surface area contributed by atoms with E-state index in [0.29, 0.717) is 63.9 Å². The molecule has 69 heavy (non-hydrogen) atoms.